The van der Waals surface area contributed by atoms with Crippen LogP contribution in [-0.2, 0) is 15.0 Å². The molecule has 0 fully saturated rings. The van der Waals surface area contributed by atoms with E-state index in [4.69, 9.17) is 23.2 Å². The second-order valence-corrected chi connectivity index (χ2v) is 6.30. The van der Waals surface area contributed by atoms with E-state index in [1.54, 1.807) is 24.3 Å². The van der Waals surface area contributed by atoms with Gasteiger partial charge in [0, 0.05) is 15.6 Å². The van der Waals surface area contributed by atoms with Crippen LogP contribution in [0, 0.1) is 5.41 Å². The fraction of sp³-hybridized carbons (Fsp3) is 0.333. The molecule has 0 radical (unpaired) electrons. The molecule has 2 N–H and O–H groups in total. The molecule has 0 heterocycles. The summed E-state index contributed by atoms with van der Waals surface area (Å²) in [6.45, 7) is 1.49. The highest BCUT2D eigenvalue weighted by molar-refractivity contribution is 6.36. The first-order valence-electron chi connectivity index (χ1n) is 6.32. The molecular weight excluding hydrogens is 315 g/mol. The molecule has 0 spiro atoms. The lowest BCUT2D eigenvalue weighted by Gasteiger charge is -2.39. The predicted octanol–water partition coefficient (Wildman–Crippen LogP) is 3.76. The lowest BCUT2D eigenvalue weighted by molar-refractivity contribution is -0.151. The summed E-state index contributed by atoms with van der Waals surface area (Å²) in [6.07, 6.45) is 3.14. The van der Waals surface area contributed by atoms with Gasteiger partial charge in [-0.1, -0.05) is 41.4 Å². The van der Waals surface area contributed by atoms with Gasteiger partial charge >= 0.3 is 11.9 Å². The summed E-state index contributed by atoms with van der Waals surface area (Å²) in [5.74, 6) is -2.21. The van der Waals surface area contributed by atoms with Gasteiger partial charge in [0.1, 0.15) is 5.41 Å². The molecule has 0 saturated carbocycles. The molecule has 6 heteroatoms. The topological polar surface area (TPSA) is 74.6 Å². The average Bonchev–Trinajstić information content (AvgIpc) is 2.38. The number of carboxylic acid groups (broad SMARTS) is 2. The van der Waals surface area contributed by atoms with Crippen molar-refractivity contribution in [2.24, 2.45) is 5.41 Å². The van der Waals surface area contributed by atoms with Gasteiger partial charge in [-0.2, -0.15) is 0 Å². The van der Waals surface area contributed by atoms with Crippen molar-refractivity contribution >= 4 is 35.1 Å². The molecule has 0 saturated heterocycles. The Morgan fingerprint density at radius 2 is 1.71 bits per heavy atom. The molecule has 1 aromatic carbocycles. The number of halogens is 2. The Morgan fingerprint density at radius 1 is 1.14 bits per heavy atom. The zero-order valence-electron chi connectivity index (χ0n) is 11.3. The second kappa shape index (κ2) is 5.35. The van der Waals surface area contributed by atoms with Crippen molar-refractivity contribution in [1.29, 1.82) is 0 Å². The van der Waals surface area contributed by atoms with Crippen molar-refractivity contribution in [1.82, 2.24) is 0 Å². The van der Waals surface area contributed by atoms with E-state index in [2.05, 4.69) is 0 Å². The van der Waals surface area contributed by atoms with E-state index >= 15 is 0 Å². The monoisotopic (exact) mass is 328 g/mol. The van der Waals surface area contributed by atoms with Gasteiger partial charge in [-0.3, -0.25) is 9.59 Å². The number of aliphatic carboxylic acids is 2. The van der Waals surface area contributed by atoms with E-state index in [9.17, 15) is 19.8 Å². The fourth-order valence-corrected chi connectivity index (χ4v) is 3.60. The Hall–Kier alpha value is -1.52. The molecule has 21 heavy (non-hydrogen) atoms. The van der Waals surface area contributed by atoms with Crippen LogP contribution in [0.2, 0.25) is 10.0 Å². The fourth-order valence-electron chi connectivity index (χ4n) is 2.84. The second-order valence-electron chi connectivity index (χ2n) is 5.49. The van der Waals surface area contributed by atoms with E-state index in [1.807, 2.05) is 0 Å². The van der Waals surface area contributed by atoms with Gasteiger partial charge in [0.2, 0.25) is 0 Å². The third-order valence-electron chi connectivity index (χ3n) is 3.96. The van der Waals surface area contributed by atoms with E-state index in [1.165, 1.54) is 13.0 Å². The lowest BCUT2D eigenvalue weighted by atomic mass is 9.63. The molecule has 112 valence electrons. The standard InChI is InChI=1S/C15H14Cl2O4/c1-14(12(18)19)6-3-7-15(8-14,13(20)21)11-9(16)4-2-5-10(11)17/h2-6H,7-8H2,1H3,(H,18,19)(H,20,21). The van der Waals surface area contributed by atoms with Crippen LogP contribution in [0.15, 0.2) is 30.4 Å². The van der Waals surface area contributed by atoms with Gasteiger partial charge in [0.15, 0.2) is 0 Å². The smallest absolute Gasteiger partial charge is 0.314 e. The Bertz CT molecular complexity index is 620. The Kier molecular flexibility index (Phi) is 4.04. The molecular formula is C15H14Cl2O4. The normalized spacial score (nSPS) is 28.3. The van der Waals surface area contributed by atoms with Crippen molar-refractivity contribution in [2.75, 3.05) is 0 Å². The number of benzene rings is 1. The number of hydrogen-bond donors (Lipinski definition) is 2. The minimum Gasteiger partial charge on any atom is -0.481 e. The van der Waals surface area contributed by atoms with Crippen molar-refractivity contribution in [3.8, 4) is 0 Å². The minimum atomic E-state index is -1.45. The quantitative estimate of drug-likeness (QED) is 0.828. The Labute approximate surface area is 132 Å². The van der Waals surface area contributed by atoms with E-state index in [0.29, 0.717) is 0 Å². The van der Waals surface area contributed by atoms with Crippen LogP contribution in [0.3, 0.4) is 0 Å². The molecule has 2 atom stereocenters. The van der Waals surface area contributed by atoms with Crippen molar-refractivity contribution in [3.05, 3.63) is 46.0 Å². The predicted molar refractivity (Wildman–Crippen MR) is 79.9 cm³/mol. The minimum absolute atomic E-state index is 0.107. The largest absolute Gasteiger partial charge is 0.481 e. The van der Waals surface area contributed by atoms with Crippen LogP contribution < -0.4 is 0 Å². The first-order valence-corrected chi connectivity index (χ1v) is 7.07. The highest BCUT2D eigenvalue weighted by Gasteiger charge is 2.51. The molecule has 0 bridgehead atoms. The molecule has 0 amide bonds. The zero-order valence-corrected chi connectivity index (χ0v) is 12.8. The van der Waals surface area contributed by atoms with Gasteiger partial charge in [-0.15, -0.1) is 0 Å². The van der Waals surface area contributed by atoms with Crippen molar-refractivity contribution in [3.63, 3.8) is 0 Å². The molecule has 1 aromatic rings. The number of hydrogen-bond acceptors (Lipinski definition) is 2. The van der Waals surface area contributed by atoms with Crippen LogP contribution in [0.4, 0.5) is 0 Å². The van der Waals surface area contributed by atoms with Gasteiger partial charge in [-0.25, -0.2) is 0 Å². The number of carbonyl (C=O) groups is 2. The summed E-state index contributed by atoms with van der Waals surface area (Å²) in [6, 6.07) is 4.74. The SMILES string of the molecule is CC1(C(=O)O)C=CCC(C(=O)O)(c2c(Cl)cccc2Cl)C1. The third-order valence-corrected chi connectivity index (χ3v) is 4.59. The zero-order chi connectivity index (χ0) is 15.8. The highest BCUT2D eigenvalue weighted by Crippen LogP contribution is 2.49. The molecule has 1 aliphatic rings. The van der Waals surface area contributed by atoms with Crippen LogP contribution in [0.1, 0.15) is 25.3 Å². The first kappa shape index (κ1) is 15.9. The van der Waals surface area contributed by atoms with Gasteiger partial charge in [-0.05, 0) is 31.9 Å². The lowest BCUT2D eigenvalue weighted by Crippen LogP contribution is -2.45. The Balaban J connectivity index is 2.67. The third kappa shape index (κ3) is 2.54. The van der Waals surface area contributed by atoms with E-state index in [-0.39, 0.29) is 28.5 Å². The number of allylic oxidation sites excluding steroid dienone is 1. The van der Waals surface area contributed by atoms with Crippen LogP contribution >= 0.6 is 23.2 Å². The van der Waals surface area contributed by atoms with Gasteiger partial charge in [0.05, 0.1) is 5.41 Å². The Morgan fingerprint density at radius 3 is 2.19 bits per heavy atom. The molecule has 0 aromatic heterocycles. The van der Waals surface area contributed by atoms with E-state index in [0.717, 1.165) is 0 Å². The van der Waals surface area contributed by atoms with Crippen molar-refractivity contribution < 1.29 is 19.8 Å². The molecule has 2 rings (SSSR count). The maximum absolute atomic E-state index is 11.9. The maximum Gasteiger partial charge on any atom is 0.314 e. The molecule has 1 aliphatic carbocycles. The number of rotatable bonds is 3. The first-order chi connectivity index (χ1) is 9.73. The van der Waals surface area contributed by atoms with Crippen LogP contribution in [0.25, 0.3) is 0 Å². The van der Waals surface area contributed by atoms with Gasteiger partial charge < -0.3 is 10.2 Å². The summed E-state index contributed by atoms with van der Waals surface area (Å²) in [5.41, 5.74) is -2.45. The van der Waals surface area contributed by atoms with Crippen LogP contribution in [0.5, 0.6) is 0 Å². The molecule has 0 aliphatic heterocycles. The van der Waals surface area contributed by atoms with Crippen molar-refractivity contribution in [2.45, 2.75) is 25.2 Å². The number of carboxylic acids is 2. The highest BCUT2D eigenvalue weighted by atomic mass is 35.5. The summed E-state index contributed by atoms with van der Waals surface area (Å²) in [5, 5.41) is 19.6. The summed E-state index contributed by atoms with van der Waals surface area (Å²) in [7, 11) is 0. The van der Waals surface area contributed by atoms with Gasteiger partial charge in [0.25, 0.3) is 0 Å². The molecule has 2 unspecified atom stereocenters. The average molecular weight is 329 g/mol. The summed E-state index contributed by atoms with van der Waals surface area (Å²) < 4.78 is 0. The van der Waals surface area contributed by atoms with Crippen LogP contribution in [-0.4, -0.2) is 22.2 Å². The summed E-state index contributed by atoms with van der Waals surface area (Å²) >= 11 is 12.3. The van der Waals surface area contributed by atoms with E-state index < -0.39 is 22.8 Å². The summed E-state index contributed by atoms with van der Waals surface area (Å²) in [4.78, 5) is 23.4. The molecule has 4 nitrogen and oxygen atoms in total. The maximum atomic E-state index is 11.9.